The van der Waals surface area contributed by atoms with Crippen molar-refractivity contribution in [2.45, 2.75) is 39.5 Å². The summed E-state index contributed by atoms with van der Waals surface area (Å²) >= 11 is 0. The van der Waals surface area contributed by atoms with Gasteiger partial charge in [-0.2, -0.15) is 5.26 Å². The lowest BCUT2D eigenvalue weighted by Crippen LogP contribution is -2.08. The molecule has 0 aliphatic rings. The number of H-pyrrole nitrogens is 1. The SMILES string of the molecule is CCc1nc(-c2cc(C(C)CC(=O)O)nc(N)c2C#N)c(C)[nH]1. The zero-order valence-corrected chi connectivity index (χ0v) is 13.3. The van der Waals surface area contributed by atoms with E-state index in [9.17, 15) is 10.1 Å². The third-order valence-electron chi connectivity index (χ3n) is 3.69. The molecule has 0 aliphatic carbocycles. The standard InChI is InChI=1S/C16H19N5O2/c1-4-13-19-9(3)15(21-13)10-6-12(8(2)5-14(22)23)20-16(18)11(10)7-17/h6,8H,4-5H2,1-3H3,(H2,18,20)(H,19,21)(H,22,23). The number of carbonyl (C=O) groups is 1. The molecule has 7 heteroatoms. The average Bonchev–Trinajstić information content (AvgIpc) is 2.86. The summed E-state index contributed by atoms with van der Waals surface area (Å²) in [5, 5.41) is 18.3. The Kier molecular flexibility index (Phi) is 4.65. The minimum atomic E-state index is -0.909. The molecule has 0 radical (unpaired) electrons. The first-order valence-corrected chi connectivity index (χ1v) is 7.35. The van der Waals surface area contributed by atoms with Crippen LogP contribution in [0.2, 0.25) is 0 Å². The van der Waals surface area contributed by atoms with Crippen LogP contribution in [0.15, 0.2) is 6.07 Å². The summed E-state index contributed by atoms with van der Waals surface area (Å²) in [6.45, 7) is 5.62. The fourth-order valence-corrected chi connectivity index (χ4v) is 2.46. The van der Waals surface area contributed by atoms with Crippen molar-refractivity contribution in [1.29, 1.82) is 5.26 Å². The number of aliphatic carboxylic acids is 1. The highest BCUT2D eigenvalue weighted by molar-refractivity contribution is 5.75. The quantitative estimate of drug-likeness (QED) is 0.777. The van der Waals surface area contributed by atoms with Crippen LogP contribution in [0.3, 0.4) is 0 Å². The van der Waals surface area contributed by atoms with Gasteiger partial charge in [0, 0.05) is 29.3 Å². The van der Waals surface area contributed by atoms with Crippen molar-refractivity contribution in [3.05, 3.63) is 28.8 Å². The van der Waals surface area contributed by atoms with Crippen LogP contribution in [0.4, 0.5) is 5.82 Å². The molecule has 0 spiro atoms. The fraction of sp³-hybridized carbons (Fsp3) is 0.375. The third-order valence-corrected chi connectivity index (χ3v) is 3.69. The number of hydrogen-bond acceptors (Lipinski definition) is 5. The molecule has 4 N–H and O–H groups in total. The van der Waals surface area contributed by atoms with Crippen molar-refractivity contribution < 1.29 is 9.90 Å². The molecule has 1 unspecified atom stereocenters. The highest BCUT2D eigenvalue weighted by Gasteiger charge is 2.20. The van der Waals surface area contributed by atoms with Crippen molar-refractivity contribution in [1.82, 2.24) is 15.0 Å². The van der Waals surface area contributed by atoms with Gasteiger partial charge in [0.2, 0.25) is 0 Å². The number of nitrogen functional groups attached to an aromatic ring is 1. The number of imidazole rings is 1. The smallest absolute Gasteiger partial charge is 0.304 e. The normalized spacial score (nSPS) is 11.9. The zero-order chi connectivity index (χ0) is 17.1. The van der Waals surface area contributed by atoms with E-state index in [4.69, 9.17) is 10.8 Å². The summed E-state index contributed by atoms with van der Waals surface area (Å²) < 4.78 is 0. The number of carboxylic acid groups (broad SMARTS) is 1. The van der Waals surface area contributed by atoms with Crippen LogP contribution in [-0.2, 0) is 11.2 Å². The Morgan fingerprint density at radius 1 is 1.52 bits per heavy atom. The van der Waals surface area contributed by atoms with Crippen molar-refractivity contribution in [3.63, 3.8) is 0 Å². The molecule has 2 aromatic rings. The number of carboxylic acids is 1. The van der Waals surface area contributed by atoms with Gasteiger partial charge in [-0.05, 0) is 13.0 Å². The van der Waals surface area contributed by atoms with Gasteiger partial charge < -0.3 is 15.8 Å². The second-order valence-corrected chi connectivity index (χ2v) is 5.48. The number of aromatic nitrogens is 3. The Balaban J connectivity index is 2.61. The Hall–Kier alpha value is -2.88. The van der Waals surface area contributed by atoms with E-state index < -0.39 is 5.97 Å². The number of nitrogens with zero attached hydrogens (tertiary/aromatic N) is 3. The summed E-state index contributed by atoms with van der Waals surface area (Å²) in [5.41, 5.74) is 8.78. The van der Waals surface area contributed by atoms with Gasteiger partial charge in [0.25, 0.3) is 0 Å². The second-order valence-electron chi connectivity index (χ2n) is 5.48. The van der Waals surface area contributed by atoms with E-state index in [0.29, 0.717) is 17.0 Å². The van der Waals surface area contributed by atoms with E-state index in [1.165, 1.54) is 0 Å². The molecule has 0 amide bonds. The van der Waals surface area contributed by atoms with Gasteiger partial charge in [-0.3, -0.25) is 4.79 Å². The largest absolute Gasteiger partial charge is 0.481 e. The summed E-state index contributed by atoms with van der Waals surface area (Å²) in [4.78, 5) is 22.8. The van der Waals surface area contributed by atoms with Gasteiger partial charge in [0.05, 0.1) is 12.1 Å². The number of anilines is 1. The van der Waals surface area contributed by atoms with Gasteiger partial charge in [-0.1, -0.05) is 13.8 Å². The van der Waals surface area contributed by atoms with E-state index in [-0.39, 0.29) is 23.7 Å². The van der Waals surface area contributed by atoms with Crippen molar-refractivity contribution >= 4 is 11.8 Å². The lowest BCUT2D eigenvalue weighted by molar-refractivity contribution is -0.137. The Morgan fingerprint density at radius 2 is 2.22 bits per heavy atom. The second kappa shape index (κ2) is 6.48. The topological polar surface area (TPSA) is 129 Å². The van der Waals surface area contributed by atoms with E-state index in [1.54, 1.807) is 13.0 Å². The number of aromatic amines is 1. The Bertz CT molecular complexity index is 788. The van der Waals surface area contributed by atoms with Gasteiger partial charge in [-0.15, -0.1) is 0 Å². The predicted octanol–water partition coefficient (Wildman–Crippen LogP) is 2.37. The number of nitrogens with two attached hydrogens (primary N) is 1. The van der Waals surface area contributed by atoms with Crippen molar-refractivity contribution in [2.75, 3.05) is 5.73 Å². The van der Waals surface area contributed by atoms with E-state index >= 15 is 0 Å². The Morgan fingerprint density at radius 3 is 2.74 bits per heavy atom. The highest BCUT2D eigenvalue weighted by Crippen LogP contribution is 2.31. The molecular weight excluding hydrogens is 294 g/mol. The zero-order valence-electron chi connectivity index (χ0n) is 13.3. The van der Waals surface area contributed by atoms with E-state index in [1.807, 2.05) is 13.8 Å². The van der Waals surface area contributed by atoms with Crippen LogP contribution in [0.5, 0.6) is 0 Å². The van der Waals surface area contributed by atoms with Crippen LogP contribution in [0.1, 0.15) is 49.0 Å². The maximum absolute atomic E-state index is 10.9. The molecule has 0 saturated carbocycles. The average molecular weight is 313 g/mol. The molecule has 0 aliphatic heterocycles. The van der Waals surface area contributed by atoms with Gasteiger partial charge in [0.1, 0.15) is 23.3 Å². The van der Waals surface area contributed by atoms with Gasteiger partial charge >= 0.3 is 5.97 Å². The minimum Gasteiger partial charge on any atom is -0.481 e. The number of nitriles is 1. The minimum absolute atomic E-state index is 0.0580. The maximum Gasteiger partial charge on any atom is 0.304 e. The maximum atomic E-state index is 10.9. The number of nitrogens with one attached hydrogen (secondary N) is 1. The molecule has 23 heavy (non-hydrogen) atoms. The molecule has 0 saturated heterocycles. The lowest BCUT2D eigenvalue weighted by atomic mass is 9.97. The first-order valence-electron chi connectivity index (χ1n) is 7.35. The molecule has 2 rings (SSSR count). The van der Waals surface area contributed by atoms with Crippen LogP contribution in [0, 0.1) is 18.3 Å². The number of rotatable bonds is 5. The van der Waals surface area contributed by atoms with Crippen LogP contribution < -0.4 is 5.73 Å². The van der Waals surface area contributed by atoms with Crippen LogP contribution >= 0.6 is 0 Å². The molecule has 1 atom stereocenters. The predicted molar refractivity (Wildman–Crippen MR) is 85.7 cm³/mol. The molecular formula is C16H19N5O2. The van der Waals surface area contributed by atoms with E-state index in [2.05, 4.69) is 21.0 Å². The molecule has 0 fully saturated rings. The molecule has 2 heterocycles. The molecule has 0 bridgehead atoms. The first kappa shape index (κ1) is 16.5. The first-order chi connectivity index (χ1) is 10.9. The van der Waals surface area contributed by atoms with Crippen molar-refractivity contribution in [3.8, 4) is 17.3 Å². The highest BCUT2D eigenvalue weighted by atomic mass is 16.4. The van der Waals surface area contributed by atoms with Gasteiger partial charge in [0.15, 0.2) is 0 Å². The molecule has 7 nitrogen and oxygen atoms in total. The summed E-state index contributed by atoms with van der Waals surface area (Å²) in [6.07, 6.45) is 0.684. The number of hydrogen-bond donors (Lipinski definition) is 3. The molecule has 2 aromatic heterocycles. The molecule has 0 aromatic carbocycles. The number of pyridine rings is 1. The third kappa shape index (κ3) is 3.31. The van der Waals surface area contributed by atoms with Crippen LogP contribution in [0.25, 0.3) is 11.3 Å². The van der Waals surface area contributed by atoms with Crippen LogP contribution in [-0.4, -0.2) is 26.0 Å². The summed E-state index contributed by atoms with van der Waals surface area (Å²) in [7, 11) is 0. The monoisotopic (exact) mass is 313 g/mol. The van der Waals surface area contributed by atoms with E-state index in [0.717, 1.165) is 17.9 Å². The molecule has 120 valence electrons. The summed E-state index contributed by atoms with van der Waals surface area (Å²) in [5.74, 6) is -0.311. The number of aryl methyl sites for hydroxylation is 2. The fourth-order valence-electron chi connectivity index (χ4n) is 2.46. The lowest BCUT2D eigenvalue weighted by Gasteiger charge is -2.13. The van der Waals surface area contributed by atoms with Crippen molar-refractivity contribution in [2.24, 2.45) is 0 Å². The summed E-state index contributed by atoms with van der Waals surface area (Å²) in [6, 6.07) is 3.78. The Labute approximate surface area is 134 Å². The van der Waals surface area contributed by atoms with Gasteiger partial charge in [-0.25, -0.2) is 9.97 Å².